The van der Waals surface area contributed by atoms with E-state index in [1.54, 1.807) is 12.1 Å². The predicted octanol–water partition coefficient (Wildman–Crippen LogP) is 3.96. The van der Waals surface area contributed by atoms with Crippen LogP contribution in [0.3, 0.4) is 0 Å². The van der Waals surface area contributed by atoms with Gasteiger partial charge in [0.1, 0.15) is 11.4 Å². The molecule has 2 heteroatoms. The molecule has 3 rings (SSSR count). The SMILES string of the molecule is CC1CCC(O)(c2cccc(F)c2)c2ccccc21. The maximum absolute atomic E-state index is 13.4. The molecule has 0 saturated carbocycles. The molecule has 0 amide bonds. The van der Waals surface area contributed by atoms with Crippen LogP contribution >= 0.6 is 0 Å². The van der Waals surface area contributed by atoms with E-state index in [2.05, 4.69) is 13.0 Å². The van der Waals surface area contributed by atoms with Gasteiger partial charge in [0, 0.05) is 0 Å². The summed E-state index contributed by atoms with van der Waals surface area (Å²) in [7, 11) is 0. The van der Waals surface area contributed by atoms with E-state index in [4.69, 9.17) is 0 Å². The molecule has 0 aliphatic heterocycles. The number of fused-ring (bicyclic) bond motifs is 1. The average Bonchev–Trinajstić information content (AvgIpc) is 2.43. The monoisotopic (exact) mass is 256 g/mol. The van der Waals surface area contributed by atoms with E-state index >= 15 is 0 Å². The molecule has 0 heterocycles. The molecular formula is C17H17FO. The van der Waals surface area contributed by atoms with Crippen LogP contribution in [0.2, 0.25) is 0 Å². The lowest BCUT2D eigenvalue weighted by molar-refractivity contribution is 0.0576. The van der Waals surface area contributed by atoms with E-state index in [9.17, 15) is 9.50 Å². The maximum atomic E-state index is 13.4. The number of hydrogen-bond donors (Lipinski definition) is 1. The zero-order chi connectivity index (χ0) is 13.5. The minimum Gasteiger partial charge on any atom is -0.380 e. The van der Waals surface area contributed by atoms with Crippen LogP contribution in [0.4, 0.5) is 4.39 Å². The molecule has 2 aromatic carbocycles. The largest absolute Gasteiger partial charge is 0.380 e. The van der Waals surface area contributed by atoms with Gasteiger partial charge in [-0.2, -0.15) is 0 Å². The van der Waals surface area contributed by atoms with Gasteiger partial charge in [0.25, 0.3) is 0 Å². The molecule has 2 aromatic rings. The van der Waals surface area contributed by atoms with Gasteiger partial charge >= 0.3 is 0 Å². The van der Waals surface area contributed by atoms with Crippen LogP contribution in [0.5, 0.6) is 0 Å². The summed E-state index contributed by atoms with van der Waals surface area (Å²) >= 11 is 0. The fraction of sp³-hybridized carbons (Fsp3) is 0.294. The standard InChI is InChI=1S/C17H17FO/c1-12-9-10-17(19,13-5-4-6-14(18)11-13)16-8-3-2-7-15(12)16/h2-8,11-12,19H,9-10H2,1H3. The number of rotatable bonds is 1. The Balaban J connectivity index is 2.18. The molecule has 2 unspecified atom stereocenters. The molecule has 1 aliphatic carbocycles. The van der Waals surface area contributed by atoms with Crippen LogP contribution in [0.25, 0.3) is 0 Å². The molecule has 0 fully saturated rings. The van der Waals surface area contributed by atoms with Crippen LogP contribution in [-0.2, 0) is 5.60 Å². The molecule has 19 heavy (non-hydrogen) atoms. The van der Waals surface area contributed by atoms with Gasteiger partial charge < -0.3 is 5.11 Å². The molecular weight excluding hydrogens is 239 g/mol. The first-order chi connectivity index (χ1) is 9.11. The van der Waals surface area contributed by atoms with Crippen molar-refractivity contribution in [1.82, 2.24) is 0 Å². The lowest BCUT2D eigenvalue weighted by Gasteiger charge is -2.37. The molecule has 0 bridgehead atoms. The molecule has 0 saturated heterocycles. The van der Waals surface area contributed by atoms with Crippen molar-refractivity contribution in [3.63, 3.8) is 0 Å². The summed E-state index contributed by atoms with van der Waals surface area (Å²) in [4.78, 5) is 0. The molecule has 1 nitrogen and oxygen atoms in total. The van der Waals surface area contributed by atoms with Crippen molar-refractivity contribution in [1.29, 1.82) is 0 Å². The van der Waals surface area contributed by atoms with Crippen LogP contribution < -0.4 is 0 Å². The van der Waals surface area contributed by atoms with Gasteiger partial charge in [-0.3, -0.25) is 0 Å². The molecule has 1 N–H and O–H groups in total. The quantitative estimate of drug-likeness (QED) is 0.818. The highest BCUT2D eigenvalue weighted by atomic mass is 19.1. The van der Waals surface area contributed by atoms with Gasteiger partial charge in [0.2, 0.25) is 0 Å². The molecule has 0 radical (unpaired) electrons. The summed E-state index contributed by atoms with van der Waals surface area (Å²) in [6.45, 7) is 2.17. The lowest BCUT2D eigenvalue weighted by Crippen LogP contribution is -2.33. The highest BCUT2D eigenvalue weighted by molar-refractivity contribution is 5.44. The fourth-order valence-corrected chi connectivity index (χ4v) is 3.06. The van der Waals surface area contributed by atoms with Crippen LogP contribution in [-0.4, -0.2) is 5.11 Å². The minimum absolute atomic E-state index is 0.304. The fourth-order valence-electron chi connectivity index (χ4n) is 3.06. The molecule has 1 aliphatic rings. The predicted molar refractivity (Wildman–Crippen MR) is 73.5 cm³/mol. The molecule has 0 spiro atoms. The Morgan fingerprint density at radius 2 is 1.95 bits per heavy atom. The van der Waals surface area contributed by atoms with E-state index in [-0.39, 0.29) is 5.82 Å². The zero-order valence-electron chi connectivity index (χ0n) is 10.9. The van der Waals surface area contributed by atoms with Gasteiger partial charge in [-0.1, -0.05) is 43.3 Å². The minimum atomic E-state index is -1.06. The van der Waals surface area contributed by atoms with Crippen LogP contribution in [0.15, 0.2) is 48.5 Å². The lowest BCUT2D eigenvalue weighted by atomic mass is 9.71. The van der Waals surface area contributed by atoms with Crippen molar-refractivity contribution in [3.05, 3.63) is 71.0 Å². The van der Waals surface area contributed by atoms with E-state index in [0.717, 1.165) is 12.0 Å². The number of halogens is 1. The smallest absolute Gasteiger partial charge is 0.123 e. The first-order valence-corrected chi connectivity index (χ1v) is 6.69. The summed E-state index contributed by atoms with van der Waals surface area (Å²) < 4.78 is 13.4. The van der Waals surface area contributed by atoms with Crippen molar-refractivity contribution in [2.45, 2.75) is 31.3 Å². The topological polar surface area (TPSA) is 20.2 Å². The third-order valence-corrected chi connectivity index (χ3v) is 4.18. The van der Waals surface area contributed by atoms with Gasteiger partial charge in [-0.15, -0.1) is 0 Å². The third kappa shape index (κ3) is 1.96. The average molecular weight is 256 g/mol. The summed E-state index contributed by atoms with van der Waals surface area (Å²) in [6, 6.07) is 14.2. The maximum Gasteiger partial charge on any atom is 0.123 e. The van der Waals surface area contributed by atoms with Gasteiger partial charge in [0.15, 0.2) is 0 Å². The van der Waals surface area contributed by atoms with Crippen LogP contribution in [0, 0.1) is 5.82 Å². The van der Waals surface area contributed by atoms with Crippen molar-refractivity contribution in [2.75, 3.05) is 0 Å². The van der Waals surface area contributed by atoms with Crippen molar-refractivity contribution < 1.29 is 9.50 Å². The molecule has 2 atom stereocenters. The van der Waals surface area contributed by atoms with Gasteiger partial charge in [0.05, 0.1) is 0 Å². The Labute approximate surface area is 112 Å². The van der Waals surface area contributed by atoms with E-state index in [1.165, 1.54) is 17.7 Å². The first-order valence-electron chi connectivity index (χ1n) is 6.69. The second-order valence-electron chi connectivity index (χ2n) is 5.40. The number of hydrogen-bond acceptors (Lipinski definition) is 1. The number of benzene rings is 2. The summed E-state index contributed by atoms with van der Waals surface area (Å²) in [6.07, 6.45) is 1.54. The Morgan fingerprint density at radius 1 is 1.16 bits per heavy atom. The Bertz CT molecular complexity index is 608. The normalized spacial score (nSPS) is 25.9. The van der Waals surface area contributed by atoms with E-state index in [0.29, 0.717) is 17.9 Å². The van der Waals surface area contributed by atoms with Crippen LogP contribution in [0.1, 0.15) is 42.4 Å². The van der Waals surface area contributed by atoms with Crippen molar-refractivity contribution in [3.8, 4) is 0 Å². The second kappa shape index (κ2) is 4.46. The Kier molecular flexibility index (Phi) is 2.90. The second-order valence-corrected chi connectivity index (χ2v) is 5.40. The van der Waals surface area contributed by atoms with Gasteiger partial charge in [-0.25, -0.2) is 4.39 Å². The Hall–Kier alpha value is -1.67. The Morgan fingerprint density at radius 3 is 2.74 bits per heavy atom. The zero-order valence-corrected chi connectivity index (χ0v) is 10.9. The van der Waals surface area contributed by atoms with Crippen molar-refractivity contribution >= 4 is 0 Å². The summed E-state index contributed by atoms with van der Waals surface area (Å²) in [5.74, 6) is 0.132. The highest BCUT2D eigenvalue weighted by Gasteiger charge is 2.38. The summed E-state index contributed by atoms with van der Waals surface area (Å²) in [5.41, 5.74) is 1.66. The summed E-state index contributed by atoms with van der Waals surface area (Å²) in [5, 5.41) is 11.1. The highest BCUT2D eigenvalue weighted by Crippen LogP contribution is 2.44. The van der Waals surface area contributed by atoms with Gasteiger partial charge in [-0.05, 0) is 47.6 Å². The van der Waals surface area contributed by atoms with E-state index in [1.807, 2.05) is 18.2 Å². The van der Waals surface area contributed by atoms with E-state index < -0.39 is 5.60 Å². The third-order valence-electron chi connectivity index (χ3n) is 4.18. The number of aliphatic hydroxyl groups is 1. The molecule has 98 valence electrons. The first kappa shape index (κ1) is 12.4. The molecule has 0 aromatic heterocycles. The van der Waals surface area contributed by atoms with Crippen molar-refractivity contribution in [2.24, 2.45) is 0 Å².